The highest BCUT2D eigenvalue weighted by atomic mass is 32.2. The van der Waals surface area contributed by atoms with Crippen LogP contribution in [0.4, 0.5) is 0 Å². The predicted octanol–water partition coefficient (Wildman–Crippen LogP) is 2.95. The summed E-state index contributed by atoms with van der Waals surface area (Å²) in [5, 5.41) is 3.71. The third kappa shape index (κ3) is 5.09. The van der Waals surface area contributed by atoms with Gasteiger partial charge < -0.3 is 5.32 Å². The van der Waals surface area contributed by atoms with Gasteiger partial charge in [0.05, 0.1) is 0 Å². The smallest absolute Gasteiger partial charge is 0.0383 e. The lowest BCUT2D eigenvalue weighted by Gasteiger charge is -2.42. The minimum Gasteiger partial charge on any atom is -0.310 e. The average Bonchev–Trinajstić information content (AvgIpc) is 2.15. The lowest BCUT2D eigenvalue weighted by atomic mass is 9.69. The van der Waals surface area contributed by atoms with E-state index in [0.717, 1.165) is 11.7 Å². The van der Waals surface area contributed by atoms with Gasteiger partial charge in [-0.25, -0.2) is 0 Å². The fourth-order valence-corrected chi connectivity index (χ4v) is 3.93. The van der Waals surface area contributed by atoms with Crippen LogP contribution in [0.5, 0.6) is 0 Å². The van der Waals surface area contributed by atoms with Crippen LogP contribution in [0.3, 0.4) is 0 Å². The van der Waals surface area contributed by atoms with Crippen LogP contribution in [0.2, 0.25) is 0 Å². The summed E-state index contributed by atoms with van der Waals surface area (Å²) in [5.41, 5.74) is 0.378. The van der Waals surface area contributed by atoms with E-state index in [4.69, 9.17) is 0 Å². The van der Waals surface area contributed by atoms with Gasteiger partial charge in [-0.2, -0.15) is 0 Å². The molecule has 3 heteroatoms. The largest absolute Gasteiger partial charge is 0.310 e. The van der Waals surface area contributed by atoms with Crippen molar-refractivity contribution in [2.75, 3.05) is 12.0 Å². The van der Waals surface area contributed by atoms with Crippen molar-refractivity contribution in [3.05, 3.63) is 0 Å². The maximum atomic E-state index is 11.2. The molecule has 0 radical (unpaired) electrons. The number of nitrogens with one attached hydrogen (secondary N) is 1. The van der Waals surface area contributed by atoms with Crippen molar-refractivity contribution < 1.29 is 4.21 Å². The molecule has 1 saturated carbocycles. The first-order valence-corrected chi connectivity index (χ1v) is 8.59. The van der Waals surface area contributed by atoms with Gasteiger partial charge in [-0.15, -0.1) is 0 Å². The molecule has 1 aliphatic rings. The Labute approximate surface area is 109 Å². The van der Waals surface area contributed by atoms with Gasteiger partial charge in [-0.1, -0.05) is 33.6 Å². The molecular formula is C14H29NOS. The van der Waals surface area contributed by atoms with Crippen molar-refractivity contribution in [2.45, 2.75) is 65.5 Å². The van der Waals surface area contributed by atoms with E-state index in [1.165, 1.54) is 25.7 Å². The quantitative estimate of drug-likeness (QED) is 0.841. The van der Waals surface area contributed by atoms with Crippen LogP contribution >= 0.6 is 0 Å². The van der Waals surface area contributed by atoms with Gasteiger partial charge in [0.2, 0.25) is 0 Å². The van der Waals surface area contributed by atoms with Crippen LogP contribution < -0.4 is 5.32 Å². The summed E-state index contributed by atoms with van der Waals surface area (Å²) in [6.07, 6.45) is 7.12. The lowest BCUT2D eigenvalue weighted by Crippen LogP contribution is -2.48. The standard InChI is InChI=1S/C14H29NOS/c1-11(10-17(5)16)15-13-9-7-6-8-12(13)14(2,3)4/h11-13,15H,6-10H2,1-5H3. The van der Waals surface area contributed by atoms with E-state index in [2.05, 4.69) is 33.0 Å². The summed E-state index contributed by atoms with van der Waals surface area (Å²) in [7, 11) is -0.695. The maximum absolute atomic E-state index is 11.2. The molecule has 4 atom stereocenters. The molecule has 0 aromatic carbocycles. The van der Waals surface area contributed by atoms with E-state index in [0.29, 0.717) is 17.5 Å². The van der Waals surface area contributed by atoms with Gasteiger partial charge in [0.1, 0.15) is 0 Å². The predicted molar refractivity (Wildman–Crippen MR) is 76.7 cm³/mol. The van der Waals surface area contributed by atoms with Crippen molar-refractivity contribution >= 4 is 10.8 Å². The molecule has 0 bridgehead atoms. The zero-order valence-corrected chi connectivity index (χ0v) is 12.9. The molecule has 1 N–H and O–H groups in total. The van der Waals surface area contributed by atoms with E-state index in [-0.39, 0.29) is 0 Å². The van der Waals surface area contributed by atoms with Gasteiger partial charge in [-0.05, 0) is 31.1 Å². The summed E-state index contributed by atoms with van der Waals surface area (Å²) < 4.78 is 11.2. The SMILES string of the molecule is CC(CS(C)=O)NC1CCCCC1C(C)(C)C. The van der Waals surface area contributed by atoms with E-state index in [1.54, 1.807) is 6.26 Å². The number of hydrogen-bond acceptors (Lipinski definition) is 2. The zero-order chi connectivity index (χ0) is 13.1. The molecule has 17 heavy (non-hydrogen) atoms. The zero-order valence-electron chi connectivity index (χ0n) is 12.1. The highest BCUT2D eigenvalue weighted by Gasteiger charge is 2.34. The molecule has 0 aromatic rings. The van der Waals surface area contributed by atoms with Crippen LogP contribution in [-0.2, 0) is 10.8 Å². The van der Waals surface area contributed by atoms with E-state index in [1.807, 2.05) is 0 Å². The molecule has 1 fully saturated rings. The van der Waals surface area contributed by atoms with Crippen LogP contribution in [0, 0.1) is 11.3 Å². The first-order chi connectivity index (χ1) is 7.80. The van der Waals surface area contributed by atoms with E-state index >= 15 is 0 Å². The van der Waals surface area contributed by atoms with E-state index < -0.39 is 10.8 Å². The molecule has 102 valence electrons. The Bertz CT molecular complexity index is 259. The topological polar surface area (TPSA) is 29.1 Å². The molecule has 1 rings (SSSR count). The molecular weight excluding hydrogens is 230 g/mol. The van der Waals surface area contributed by atoms with Crippen molar-refractivity contribution in [2.24, 2.45) is 11.3 Å². The van der Waals surface area contributed by atoms with Gasteiger partial charge in [0.25, 0.3) is 0 Å². The van der Waals surface area contributed by atoms with Crippen LogP contribution in [0.1, 0.15) is 53.4 Å². The van der Waals surface area contributed by atoms with Gasteiger partial charge >= 0.3 is 0 Å². The lowest BCUT2D eigenvalue weighted by molar-refractivity contribution is 0.126. The van der Waals surface area contributed by atoms with Crippen molar-refractivity contribution in [1.82, 2.24) is 5.32 Å². The molecule has 0 saturated heterocycles. The normalized spacial score (nSPS) is 29.9. The summed E-state index contributed by atoms with van der Waals surface area (Å²) in [6.45, 7) is 9.21. The van der Waals surface area contributed by atoms with Gasteiger partial charge in [0, 0.05) is 34.9 Å². The van der Waals surface area contributed by atoms with Gasteiger partial charge in [-0.3, -0.25) is 4.21 Å². The van der Waals surface area contributed by atoms with Crippen LogP contribution in [-0.4, -0.2) is 28.3 Å². The molecule has 0 heterocycles. The van der Waals surface area contributed by atoms with Crippen LogP contribution in [0.25, 0.3) is 0 Å². The molecule has 0 spiro atoms. The summed E-state index contributed by atoms with van der Waals surface area (Å²) in [4.78, 5) is 0. The Balaban J connectivity index is 2.56. The van der Waals surface area contributed by atoms with E-state index in [9.17, 15) is 4.21 Å². The average molecular weight is 259 g/mol. The third-order valence-corrected chi connectivity index (χ3v) is 4.83. The highest BCUT2D eigenvalue weighted by Crippen LogP contribution is 2.38. The Morgan fingerprint density at radius 3 is 2.41 bits per heavy atom. The Morgan fingerprint density at radius 1 is 1.29 bits per heavy atom. The third-order valence-electron chi connectivity index (χ3n) is 3.86. The first-order valence-electron chi connectivity index (χ1n) is 6.87. The molecule has 4 unspecified atom stereocenters. The maximum Gasteiger partial charge on any atom is 0.0383 e. The molecule has 1 aliphatic carbocycles. The number of rotatable bonds is 4. The summed E-state index contributed by atoms with van der Waals surface area (Å²) >= 11 is 0. The molecule has 0 aromatic heterocycles. The van der Waals surface area contributed by atoms with Crippen molar-refractivity contribution in [1.29, 1.82) is 0 Å². The molecule has 2 nitrogen and oxygen atoms in total. The fraction of sp³-hybridized carbons (Fsp3) is 1.00. The molecule has 0 amide bonds. The Hall–Kier alpha value is 0.110. The fourth-order valence-electron chi connectivity index (χ4n) is 3.13. The monoisotopic (exact) mass is 259 g/mol. The second kappa shape index (κ2) is 6.33. The highest BCUT2D eigenvalue weighted by molar-refractivity contribution is 7.84. The molecule has 0 aliphatic heterocycles. The second-order valence-corrected chi connectivity index (χ2v) is 8.15. The number of hydrogen-bond donors (Lipinski definition) is 1. The summed E-state index contributed by atoms with van der Waals surface area (Å²) in [6, 6.07) is 0.982. The summed E-state index contributed by atoms with van der Waals surface area (Å²) in [5.74, 6) is 1.52. The second-order valence-electron chi connectivity index (χ2n) is 6.67. The van der Waals surface area contributed by atoms with Crippen molar-refractivity contribution in [3.63, 3.8) is 0 Å². The minimum absolute atomic E-state index is 0.369. The Morgan fingerprint density at radius 2 is 1.88 bits per heavy atom. The van der Waals surface area contributed by atoms with Gasteiger partial charge in [0.15, 0.2) is 0 Å². The first kappa shape index (κ1) is 15.2. The van der Waals surface area contributed by atoms with Crippen LogP contribution in [0.15, 0.2) is 0 Å². The Kier molecular flexibility index (Phi) is 5.65. The van der Waals surface area contributed by atoms with Crippen molar-refractivity contribution in [3.8, 4) is 0 Å². The minimum atomic E-state index is -0.695.